The predicted octanol–water partition coefficient (Wildman–Crippen LogP) is 1.72. The quantitative estimate of drug-likeness (QED) is 0.583. The third-order valence-electron chi connectivity index (χ3n) is 0.781. The van der Waals surface area contributed by atoms with Crippen LogP contribution in [0.3, 0.4) is 0 Å². The minimum Gasteiger partial charge on any atom is -0.412 e. The van der Waals surface area contributed by atoms with Crippen LogP contribution < -0.4 is 0 Å². The molecule has 0 fully saturated rings. The Hall–Kier alpha value is -0.300. The Bertz CT molecular complexity index is 168. The molecule has 10 heavy (non-hydrogen) atoms. The van der Waals surface area contributed by atoms with Crippen LogP contribution in [0.25, 0.3) is 0 Å². The van der Waals surface area contributed by atoms with Gasteiger partial charge in [-0.15, -0.1) is 0 Å². The molecule has 0 aromatic rings. The summed E-state index contributed by atoms with van der Waals surface area (Å²) in [6.45, 7) is 6.26. The Morgan fingerprint density at radius 1 is 1.40 bits per heavy atom. The molecular formula is C6H13O3P. The lowest BCUT2D eigenvalue weighted by molar-refractivity contribution is -0.137. The van der Waals surface area contributed by atoms with Crippen LogP contribution in [0.1, 0.15) is 13.8 Å². The van der Waals surface area contributed by atoms with Gasteiger partial charge in [0.15, 0.2) is 0 Å². The molecule has 0 saturated heterocycles. The van der Waals surface area contributed by atoms with Crippen LogP contribution in [0.4, 0.5) is 0 Å². The van der Waals surface area contributed by atoms with E-state index in [4.69, 9.17) is 0 Å². The van der Waals surface area contributed by atoms with Gasteiger partial charge in [0.25, 0.3) is 0 Å². The molecule has 0 bridgehead atoms. The minimum atomic E-state index is -2.63. The number of hydrogen-bond acceptors (Lipinski definition) is 3. The van der Waals surface area contributed by atoms with Gasteiger partial charge in [-0.05, 0) is 0 Å². The van der Waals surface area contributed by atoms with Gasteiger partial charge in [-0.3, -0.25) is 9.36 Å². The normalized spacial score (nSPS) is 11.7. The summed E-state index contributed by atoms with van der Waals surface area (Å²) in [4.78, 5) is 10.8. The summed E-state index contributed by atoms with van der Waals surface area (Å²) in [7, 11) is -2.63. The van der Waals surface area contributed by atoms with E-state index >= 15 is 0 Å². The molecule has 0 radical (unpaired) electrons. The van der Waals surface area contributed by atoms with Gasteiger partial charge in [-0.1, -0.05) is 13.8 Å². The van der Waals surface area contributed by atoms with Gasteiger partial charge < -0.3 is 4.52 Å². The van der Waals surface area contributed by atoms with Gasteiger partial charge in [0.2, 0.25) is 7.37 Å². The second-order valence-electron chi connectivity index (χ2n) is 2.82. The molecule has 0 atom stereocenters. The average molecular weight is 164 g/mol. The standard InChI is InChI=1S/C6H13O3P/c1-5(2)6(7)9-10(3,4)8/h5H,1-4H3. The smallest absolute Gasteiger partial charge is 0.313 e. The zero-order chi connectivity index (χ0) is 8.36. The molecule has 0 saturated carbocycles. The Balaban J connectivity index is 3.94. The van der Waals surface area contributed by atoms with E-state index in [0.29, 0.717) is 0 Å². The first kappa shape index (κ1) is 9.70. The Labute approximate surface area is 61.2 Å². The van der Waals surface area contributed by atoms with Crippen LogP contribution in [0, 0.1) is 5.92 Å². The van der Waals surface area contributed by atoms with Crippen LogP contribution in [0.15, 0.2) is 0 Å². The molecule has 0 aliphatic rings. The number of rotatable bonds is 2. The Kier molecular flexibility index (Phi) is 3.10. The van der Waals surface area contributed by atoms with E-state index in [9.17, 15) is 9.36 Å². The lowest BCUT2D eigenvalue weighted by Crippen LogP contribution is -2.09. The molecule has 60 valence electrons. The van der Waals surface area contributed by atoms with E-state index < -0.39 is 13.3 Å². The van der Waals surface area contributed by atoms with E-state index in [0.717, 1.165) is 0 Å². The summed E-state index contributed by atoms with van der Waals surface area (Å²) in [5, 5.41) is 0. The highest BCUT2D eigenvalue weighted by Gasteiger charge is 2.16. The van der Waals surface area contributed by atoms with Crippen molar-refractivity contribution in [3.05, 3.63) is 0 Å². The van der Waals surface area contributed by atoms with Gasteiger partial charge in [-0.2, -0.15) is 0 Å². The molecule has 3 nitrogen and oxygen atoms in total. The maximum absolute atomic E-state index is 10.9. The fraction of sp³-hybridized carbons (Fsp3) is 0.833. The van der Waals surface area contributed by atoms with Crippen molar-refractivity contribution in [2.24, 2.45) is 5.92 Å². The molecule has 0 rings (SSSR count). The Morgan fingerprint density at radius 3 is 1.90 bits per heavy atom. The SMILES string of the molecule is CC(C)C(=O)OP(C)(C)=O. The molecule has 0 aliphatic heterocycles. The van der Waals surface area contributed by atoms with Crippen molar-refractivity contribution in [1.29, 1.82) is 0 Å². The summed E-state index contributed by atoms with van der Waals surface area (Å²) in [5.41, 5.74) is 0. The second kappa shape index (κ2) is 3.20. The van der Waals surface area contributed by atoms with E-state index in [1.165, 1.54) is 13.3 Å². The average Bonchev–Trinajstić information content (AvgIpc) is 1.60. The fourth-order valence-electron chi connectivity index (χ4n) is 0.322. The van der Waals surface area contributed by atoms with Crippen molar-refractivity contribution in [3.63, 3.8) is 0 Å². The minimum absolute atomic E-state index is 0.201. The highest BCUT2D eigenvalue weighted by molar-refractivity contribution is 7.57. The van der Waals surface area contributed by atoms with E-state index in [1.807, 2.05) is 0 Å². The van der Waals surface area contributed by atoms with Gasteiger partial charge in [0.1, 0.15) is 0 Å². The summed E-state index contributed by atoms with van der Waals surface area (Å²) in [6, 6.07) is 0. The zero-order valence-electron chi connectivity index (χ0n) is 6.75. The van der Waals surface area contributed by atoms with Crippen molar-refractivity contribution in [2.75, 3.05) is 13.3 Å². The highest BCUT2D eigenvalue weighted by atomic mass is 31.2. The lowest BCUT2D eigenvalue weighted by Gasteiger charge is -2.09. The number of hydrogen-bond donors (Lipinski definition) is 0. The third-order valence-corrected chi connectivity index (χ3v) is 1.40. The van der Waals surface area contributed by atoms with Gasteiger partial charge >= 0.3 is 5.97 Å². The molecule has 4 heteroatoms. The van der Waals surface area contributed by atoms with Crippen LogP contribution in [0.2, 0.25) is 0 Å². The van der Waals surface area contributed by atoms with Crippen molar-refractivity contribution >= 4 is 13.3 Å². The second-order valence-corrected chi connectivity index (χ2v) is 5.50. The predicted molar refractivity (Wildman–Crippen MR) is 40.4 cm³/mol. The molecule has 0 amide bonds. The molecule has 0 spiro atoms. The summed E-state index contributed by atoms with van der Waals surface area (Å²) < 4.78 is 15.5. The summed E-state index contributed by atoms with van der Waals surface area (Å²) >= 11 is 0. The van der Waals surface area contributed by atoms with Gasteiger partial charge in [-0.25, -0.2) is 0 Å². The van der Waals surface area contributed by atoms with Crippen LogP contribution in [-0.2, 0) is 13.9 Å². The third kappa shape index (κ3) is 4.57. The fourth-order valence-corrected chi connectivity index (χ4v) is 0.966. The van der Waals surface area contributed by atoms with Gasteiger partial charge in [0, 0.05) is 13.3 Å². The maximum atomic E-state index is 10.9. The van der Waals surface area contributed by atoms with Gasteiger partial charge in [0.05, 0.1) is 5.92 Å². The van der Waals surface area contributed by atoms with Crippen molar-refractivity contribution in [3.8, 4) is 0 Å². The van der Waals surface area contributed by atoms with E-state index in [1.54, 1.807) is 13.8 Å². The van der Waals surface area contributed by atoms with Crippen molar-refractivity contribution in [1.82, 2.24) is 0 Å². The molecule has 0 aliphatic carbocycles. The largest absolute Gasteiger partial charge is 0.412 e. The first-order chi connectivity index (χ1) is 4.33. The maximum Gasteiger partial charge on any atom is 0.313 e. The molecule has 0 heterocycles. The van der Waals surface area contributed by atoms with Crippen LogP contribution in [-0.4, -0.2) is 19.3 Å². The highest BCUT2D eigenvalue weighted by Crippen LogP contribution is 2.37. The topological polar surface area (TPSA) is 43.4 Å². The van der Waals surface area contributed by atoms with E-state index in [2.05, 4.69) is 4.52 Å². The number of carbonyl (C=O) groups excluding carboxylic acids is 1. The van der Waals surface area contributed by atoms with Crippen molar-refractivity contribution in [2.45, 2.75) is 13.8 Å². The Morgan fingerprint density at radius 2 is 1.80 bits per heavy atom. The molecule has 0 unspecified atom stereocenters. The van der Waals surface area contributed by atoms with Crippen molar-refractivity contribution < 1.29 is 13.9 Å². The summed E-state index contributed by atoms with van der Waals surface area (Å²) in [5.74, 6) is -0.596. The van der Waals surface area contributed by atoms with Crippen LogP contribution in [0.5, 0.6) is 0 Å². The van der Waals surface area contributed by atoms with Crippen LogP contribution >= 0.6 is 7.37 Å². The monoisotopic (exact) mass is 164 g/mol. The van der Waals surface area contributed by atoms with E-state index in [-0.39, 0.29) is 5.92 Å². The first-order valence-corrected chi connectivity index (χ1v) is 5.63. The first-order valence-electron chi connectivity index (χ1n) is 3.11. The molecule has 0 N–H and O–H groups in total. The number of carbonyl (C=O) groups is 1. The lowest BCUT2D eigenvalue weighted by atomic mass is 10.2. The molecule has 0 aromatic carbocycles. The zero-order valence-corrected chi connectivity index (χ0v) is 7.64. The molecular weight excluding hydrogens is 151 g/mol. The summed E-state index contributed by atoms with van der Waals surface area (Å²) in [6.07, 6.45) is 0. The molecule has 0 aromatic heterocycles.